The zero-order valence-electron chi connectivity index (χ0n) is 14.4. The first-order valence-electron chi connectivity index (χ1n) is 8.85. The van der Waals surface area contributed by atoms with Crippen molar-refractivity contribution in [1.29, 1.82) is 0 Å². The van der Waals surface area contributed by atoms with E-state index in [9.17, 15) is 4.79 Å². The minimum atomic E-state index is -0.0886. The van der Waals surface area contributed by atoms with Crippen molar-refractivity contribution in [1.82, 2.24) is 15.5 Å². The van der Waals surface area contributed by atoms with Crippen molar-refractivity contribution in [3.8, 4) is 0 Å². The van der Waals surface area contributed by atoms with Crippen molar-refractivity contribution in [3.05, 3.63) is 58.8 Å². The number of benzene rings is 2. The summed E-state index contributed by atoms with van der Waals surface area (Å²) < 4.78 is 0. The van der Waals surface area contributed by atoms with Crippen LogP contribution in [-0.4, -0.2) is 22.6 Å². The molecule has 4 rings (SSSR count). The monoisotopic (exact) mass is 334 g/mol. The maximum Gasteiger partial charge on any atom is 0.255 e. The van der Waals surface area contributed by atoms with Crippen LogP contribution in [0.2, 0.25) is 0 Å². The summed E-state index contributed by atoms with van der Waals surface area (Å²) in [6, 6.07) is 11.8. The van der Waals surface area contributed by atoms with Gasteiger partial charge in [-0.3, -0.25) is 9.89 Å². The first-order valence-corrected chi connectivity index (χ1v) is 8.85. The predicted molar refractivity (Wildman–Crippen MR) is 99.9 cm³/mol. The molecule has 0 aliphatic carbocycles. The number of H-pyrrole nitrogens is 1. The molecule has 1 aliphatic rings. The Morgan fingerprint density at radius 2 is 2.12 bits per heavy atom. The van der Waals surface area contributed by atoms with Crippen molar-refractivity contribution < 1.29 is 4.79 Å². The highest BCUT2D eigenvalue weighted by Gasteiger charge is 2.13. The van der Waals surface area contributed by atoms with Crippen molar-refractivity contribution in [2.45, 2.75) is 32.7 Å². The van der Waals surface area contributed by atoms with E-state index in [-0.39, 0.29) is 5.91 Å². The van der Waals surface area contributed by atoms with E-state index >= 15 is 0 Å². The second kappa shape index (κ2) is 6.69. The number of aromatic nitrogens is 2. The van der Waals surface area contributed by atoms with Crippen LogP contribution in [0.15, 0.2) is 36.4 Å². The Morgan fingerprint density at radius 3 is 3.00 bits per heavy atom. The number of hydrogen-bond acceptors (Lipinski definition) is 3. The molecular weight excluding hydrogens is 312 g/mol. The number of aryl methyl sites for hydroxylation is 1. The van der Waals surface area contributed by atoms with Crippen LogP contribution >= 0.6 is 0 Å². The summed E-state index contributed by atoms with van der Waals surface area (Å²) in [7, 11) is 0. The van der Waals surface area contributed by atoms with E-state index in [1.165, 1.54) is 11.1 Å². The minimum absolute atomic E-state index is 0.0886. The van der Waals surface area contributed by atoms with Crippen molar-refractivity contribution in [2.75, 3.05) is 11.9 Å². The van der Waals surface area contributed by atoms with Gasteiger partial charge in [-0.1, -0.05) is 19.4 Å². The quantitative estimate of drug-likeness (QED) is 0.685. The summed E-state index contributed by atoms with van der Waals surface area (Å²) in [6.07, 6.45) is 3.01. The van der Waals surface area contributed by atoms with Gasteiger partial charge in [-0.05, 0) is 60.8 Å². The third-order valence-electron chi connectivity index (χ3n) is 4.75. The third-order valence-corrected chi connectivity index (χ3v) is 4.75. The van der Waals surface area contributed by atoms with Crippen LogP contribution in [0.3, 0.4) is 0 Å². The third kappa shape index (κ3) is 3.15. The molecule has 0 atom stereocenters. The predicted octanol–water partition coefficient (Wildman–Crippen LogP) is 3.41. The number of carbonyl (C=O) groups is 1. The molecule has 1 aromatic heterocycles. The van der Waals surface area contributed by atoms with Crippen LogP contribution in [0.25, 0.3) is 10.9 Å². The van der Waals surface area contributed by atoms with Crippen LogP contribution in [0.4, 0.5) is 5.69 Å². The zero-order chi connectivity index (χ0) is 17.2. The van der Waals surface area contributed by atoms with Gasteiger partial charge < -0.3 is 10.6 Å². The number of anilines is 1. The van der Waals surface area contributed by atoms with Crippen molar-refractivity contribution in [3.63, 3.8) is 0 Å². The summed E-state index contributed by atoms with van der Waals surface area (Å²) >= 11 is 0. The van der Waals surface area contributed by atoms with Gasteiger partial charge in [0.15, 0.2) is 0 Å². The lowest BCUT2D eigenvalue weighted by Crippen LogP contribution is -2.23. The van der Waals surface area contributed by atoms with Crippen molar-refractivity contribution in [2.24, 2.45) is 0 Å². The molecule has 1 amide bonds. The second-order valence-corrected chi connectivity index (χ2v) is 6.55. The molecule has 0 radical (unpaired) electrons. The number of nitrogens with one attached hydrogen (secondary N) is 3. The maximum absolute atomic E-state index is 12.7. The highest BCUT2D eigenvalue weighted by atomic mass is 16.1. The molecule has 5 heteroatoms. The zero-order valence-corrected chi connectivity index (χ0v) is 14.4. The van der Waals surface area contributed by atoms with E-state index in [0.29, 0.717) is 5.56 Å². The molecular formula is C20H22N4O. The summed E-state index contributed by atoms with van der Waals surface area (Å²) in [5, 5.41) is 14.8. The number of amides is 1. The molecule has 3 N–H and O–H groups in total. The molecule has 2 aromatic carbocycles. The Labute approximate surface area is 146 Å². The smallest absolute Gasteiger partial charge is 0.255 e. The Hall–Kier alpha value is -2.66. The molecule has 0 spiro atoms. The number of nitrogens with zero attached hydrogens (tertiary/aromatic N) is 1. The van der Waals surface area contributed by atoms with Crippen LogP contribution < -0.4 is 10.6 Å². The topological polar surface area (TPSA) is 69.8 Å². The first kappa shape index (κ1) is 15.8. The molecule has 0 bridgehead atoms. The van der Waals surface area contributed by atoms with E-state index in [0.717, 1.165) is 54.6 Å². The van der Waals surface area contributed by atoms with Gasteiger partial charge in [0.05, 0.1) is 5.52 Å². The van der Waals surface area contributed by atoms with E-state index in [2.05, 4.69) is 39.9 Å². The Kier molecular flexibility index (Phi) is 4.24. The lowest BCUT2D eigenvalue weighted by Gasteiger charge is -2.18. The van der Waals surface area contributed by atoms with Crippen LogP contribution in [0.1, 0.15) is 40.5 Å². The number of fused-ring (bicyclic) bond motifs is 2. The van der Waals surface area contributed by atoms with Gasteiger partial charge in [0.25, 0.3) is 5.91 Å². The SMILES string of the molecule is CCCc1[nH]nc2ccc(C(=O)Nc3ccc4c(c3)CNCC4)cc12. The van der Waals surface area contributed by atoms with Gasteiger partial charge in [0.2, 0.25) is 0 Å². The van der Waals surface area contributed by atoms with E-state index in [4.69, 9.17) is 0 Å². The number of carbonyl (C=O) groups excluding carboxylic acids is 1. The van der Waals surface area contributed by atoms with Crippen LogP contribution in [-0.2, 0) is 19.4 Å². The molecule has 1 aliphatic heterocycles. The Morgan fingerprint density at radius 1 is 1.20 bits per heavy atom. The molecule has 0 saturated carbocycles. The average Bonchev–Trinajstić information content (AvgIpc) is 3.04. The van der Waals surface area contributed by atoms with Crippen LogP contribution in [0.5, 0.6) is 0 Å². The largest absolute Gasteiger partial charge is 0.322 e. The fourth-order valence-electron chi connectivity index (χ4n) is 3.41. The molecule has 2 heterocycles. The average molecular weight is 334 g/mol. The molecule has 0 saturated heterocycles. The molecule has 0 unspecified atom stereocenters. The molecule has 0 fully saturated rings. The molecule has 25 heavy (non-hydrogen) atoms. The lowest BCUT2D eigenvalue weighted by molar-refractivity contribution is 0.102. The van der Waals surface area contributed by atoms with E-state index in [1.807, 2.05) is 24.3 Å². The second-order valence-electron chi connectivity index (χ2n) is 6.55. The van der Waals surface area contributed by atoms with Crippen molar-refractivity contribution >= 4 is 22.5 Å². The Balaban J connectivity index is 1.58. The first-order chi connectivity index (χ1) is 12.2. The van der Waals surface area contributed by atoms with E-state index in [1.54, 1.807) is 0 Å². The number of hydrogen-bond donors (Lipinski definition) is 3. The minimum Gasteiger partial charge on any atom is -0.322 e. The molecule has 128 valence electrons. The lowest BCUT2D eigenvalue weighted by atomic mass is 10.0. The Bertz CT molecular complexity index is 929. The van der Waals surface area contributed by atoms with Gasteiger partial charge in [-0.2, -0.15) is 5.10 Å². The normalized spacial score (nSPS) is 13.6. The van der Waals surface area contributed by atoms with Gasteiger partial charge in [-0.25, -0.2) is 0 Å². The fourth-order valence-corrected chi connectivity index (χ4v) is 3.41. The number of rotatable bonds is 4. The summed E-state index contributed by atoms with van der Waals surface area (Å²) in [5.74, 6) is -0.0886. The van der Waals surface area contributed by atoms with Gasteiger partial charge in [-0.15, -0.1) is 0 Å². The van der Waals surface area contributed by atoms with Crippen LogP contribution in [0, 0.1) is 0 Å². The molecule has 3 aromatic rings. The highest BCUT2D eigenvalue weighted by molar-refractivity contribution is 6.06. The fraction of sp³-hybridized carbons (Fsp3) is 0.300. The summed E-state index contributed by atoms with van der Waals surface area (Å²) in [6.45, 7) is 4.01. The van der Waals surface area contributed by atoms with Gasteiger partial charge in [0.1, 0.15) is 0 Å². The van der Waals surface area contributed by atoms with Gasteiger partial charge >= 0.3 is 0 Å². The van der Waals surface area contributed by atoms with Gasteiger partial charge in [0, 0.05) is 28.9 Å². The number of aromatic amines is 1. The highest BCUT2D eigenvalue weighted by Crippen LogP contribution is 2.22. The molecule has 5 nitrogen and oxygen atoms in total. The standard InChI is InChI=1S/C20H22N4O/c1-2-3-18-17-11-14(5-7-19(17)24-23-18)20(25)22-16-6-4-13-8-9-21-12-15(13)10-16/h4-7,10-11,21H,2-3,8-9,12H2,1H3,(H,22,25)(H,23,24). The maximum atomic E-state index is 12.7. The summed E-state index contributed by atoms with van der Waals surface area (Å²) in [4.78, 5) is 12.7. The van der Waals surface area contributed by atoms with E-state index < -0.39 is 0 Å². The summed E-state index contributed by atoms with van der Waals surface area (Å²) in [5.41, 5.74) is 6.11.